The van der Waals surface area contributed by atoms with Crippen LogP contribution in [-0.2, 0) is 20.9 Å². The lowest BCUT2D eigenvalue weighted by Crippen LogP contribution is -2.27. The average Bonchev–Trinajstić information content (AvgIpc) is 3.05. The number of methoxy groups -OCH3 is 1. The molecule has 1 fully saturated rings. The van der Waals surface area contributed by atoms with E-state index in [1.807, 2.05) is 0 Å². The van der Waals surface area contributed by atoms with Crippen LogP contribution in [0.15, 0.2) is 47.4 Å². The molecule has 2 aromatic rings. The van der Waals surface area contributed by atoms with E-state index in [2.05, 4.69) is 6.07 Å². The Kier molecular flexibility index (Phi) is 7.52. The fourth-order valence-electron chi connectivity index (χ4n) is 2.96. The number of carbonyl (C=O) groups excluding carboxylic acids is 3. The summed E-state index contributed by atoms with van der Waals surface area (Å²) in [5, 5.41) is 8.83. The molecule has 8 nitrogen and oxygen atoms in total. The molecule has 0 spiro atoms. The molecule has 0 aromatic heterocycles. The molecule has 2 aromatic carbocycles. The second-order valence-corrected chi connectivity index (χ2v) is 7.53. The van der Waals surface area contributed by atoms with Crippen molar-refractivity contribution < 1.29 is 28.6 Å². The van der Waals surface area contributed by atoms with E-state index in [-0.39, 0.29) is 24.7 Å². The molecule has 3 rings (SSSR count). The zero-order valence-corrected chi connectivity index (χ0v) is 18.3. The molecule has 1 saturated heterocycles. The van der Waals surface area contributed by atoms with Gasteiger partial charge in [-0.15, -0.1) is 0 Å². The fraction of sp³-hybridized carbons (Fsp3) is 0.217. The third kappa shape index (κ3) is 5.28. The molecule has 32 heavy (non-hydrogen) atoms. The number of hydrogen-bond donors (Lipinski definition) is 0. The first-order valence-electron chi connectivity index (χ1n) is 9.66. The summed E-state index contributed by atoms with van der Waals surface area (Å²) in [6.45, 7) is 1.67. The fourth-order valence-corrected chi connectivity index (χ4v) is 3.80. The van der Waals surface area contributed by atoms with Crippen molar-refractivity contribution in [3.63, 3.8) is 0 Å². The second-order valence-electron chi connectivity index (χ2n) is 6.54. The lowest BCUT2D eigenvalue weighted by Gasteiger charge is -2.13. The van der Waals surface area contributed by atoms with Crippen molar-refractivity contribution >= 4 is 35.0 Å². The van der Waals surface area contributed by atoms with Crippen LogP contribution in [0, 0.1) is 11.3 Å². The van der Waals surface area contributed by atoms with Crippen LogP contribution < -0.4 is 9.47 Å². The van der Waals surface area contributed by atoms with Crippen LogP contribution in [0.3, 0.4) is 0 Å². The van der Waals surface area contributed by atoms with Crippen LogP contribution in [0.25, 0.3) is 6.08 Å². The maximum absolute atomic E-state index is 12.8. The maximum atomic E-state index is 12.8. The number of nitrogens with zero attached hydrogens (tertiary/aromatic N) is 2. The maximum Gasteiger partial charge on any atom is 0.344 e. The molecule has 0 bridgehead atoms. The van der Waals surface area contributed by atoms with Crippen LogP contribution in [0.2, 0.25) is 0 Å². The minimum Gasteiger partial charge on any atom is -0.493 e. The van der Waals surface area contributed by atoms with Gasteiger partial charge in [-0.3, -0.25) is 14.5 Å². The molecule has 1 aliphatic heterocycles. The number of imide groups is 1. The largest absolute Gasteiger partial charge is 0.493 e. The molecule has 0 atom stereocenters. The van der Waals surface area contributed by atoms with Gasteiger partial charge >= 0.3 is 5.97 Å². The number of rotatable bonds is 8. The lowest BCUT2D eigenvalue weighted by atomic mass is 10.1. The molecule has 0 radical (unpaired) electrons. The number of carbonyl (C=O) groups is 3. The van der Waals surface area contributed by atoms with Gasteiger partial charge in [0.15, 0.2) is 18.1 Å². The molecular formula is C23H20N2O6S. The summed E-state index contributed by atoms with van der Waals surface area (Å²) in [7, 11) is 1.47. The van der Waals surface area contributed by atoms with Crippen molar-refractivity contribution in [3.05, 3.63) is 64.1 Å². The van der Waals surface area contributed by atoms with E-state index in [1.54, 1.807) is 55.5 Å². The van der Waals surface area contributed by atoms with Crippen LogP contribution >= 0.6 is 11.8 Å². The third-order valence-corrected chi connectivity index (χ3v) is 5.38. The Labute approximate surface area is 189 Å². The number of amides is 2. The van der Waals surface area contributed by atoms with E-state index in [1.165, 1.54) is 7.11 Å². The van der Waals surface area contributed by atoms with E-state index in [0.717, 1.165) is 16.7 Å². The van der Waals surface area contributed by atoms with E-state index >= 15 is 0 Å². The van der Waals surface area contributed by atoms with E-state index in [0.29, 0.717) is 28.2 Å². The van der Waals surface area contributed by atoms with Gasteiger partial charge in [0.1, 0.15) is 0 Å². The predicted molar refractivity (Wildman–Crippen MR) is 118 cm³/mol. The Morgan fingerprint density at radius 2 is 1.97 bits per heavy atom. The van der Waals surface area contributed by atoms with Crippen LogP contribution in [0.4, 0.5) is 4.79 Å². The Balaban J connectivity index is 1.80. The average molecular weight is 452 g/mol. The molecule has 9 heteroatoms. The minimum absolute atomic E-state index is 0.0161. The summed E-state index contributed by atoms with van der Waals surface area (Å²) in [6.07, 6.45) is 1.57. The van der Waals surface area contributed by atoms with Crippen LogP contribution in [0.5, 0.6) is 11.5 Å². The number of hydrogen-bond acceptors (Lipinski definition) is 8. The van der Waals surface area contributed by atoms with Crippen LogP contribution in [-0.4, -0.2) is 42.3 Å². The Hall–Kier alpha value is -3.77. The number of nitriles is 1. The topological polar surface area (TPSA) is 106 Å². The van der Waals surface area contributed by atoms with Gasteiger partial charge in [-0.1, -0.05) is 24.3 Å². The van der Waals surface area contributed by atoms with Gasteiger partial charge in [0.2, 0.25) is 0 Å². The molecule has 0 saturated carbocycles. The third-order valence-electron chi connectivity index (χ3n) is 4.48. The summed E-state index contributed by atoms with van der Waals surface area (Å²) in [6, 6.07) is 13.8. The summed E-state index contributed by atoms with van der Waals surface area (Å²) in [4.78, 5) is 38.2. The van der Waals surface area contributed by atoms with Crippen LogP contribution in [0.1, 0.15) is 23.6 Å². The summed E-state index contributed by atoms with van der Waals surface area (Å²) in [5.74, 6) is -0.250. The zero-order valence-electron chi connectivity index (χ0n) is 17.5. The van der Waals surface area contributed by atoms with Gasteiger partial charge in [0.25, 0.3) is 11.1 Å². The van der Waals surface area contributed by atoms with Gasteiger partial charge < -0.3 is 14.2 Å². The standard InChI is InChI=1S/C23H20N2O6S/c1-3-30-21(26)14-31-19-10-15(8-9-18(19)29-2)11-20-22(27)25(23(28)32-20)13-17-7-5-4-6-16(17)12-24/h4-11H,3,13-14H2,1-2H3/b20-11-. The van der Waals surface area contributed by atoms with Crippen molar-refractivity contribution in [2.75, 3.05) is 20.3 Å². The molecular weight excluding hydrogens is 432 g/mol. The highest BCUT2D eigenvalue weighted by atomic mass is 32.2. The van der Waals surface area contributed by atoms with Gasteiger partial charge in [-0.05, 0) is 54.1 Å². The first-order chi connectivity index (χ1) is 15.5. The lowest BCUT2D eigenvalue weighted by molar-refractivity contribution is -0.145. The molecule has 164 valence electrons. The first-order valence-corrected chi connectivity index (χ1v) is 10.5. The highest BCUT2D eigenvalue weighted by molar-refractivity contribution is 8.18. The number of thioether (sulfide) groups is 1. The van der Waals surface area contributed by atoms with Crippen molar-refractivity contribution in [2.24, 2.45) is 0 Å². The SMILES string of the molecule is CCOC(=O)COc1cc(/C=C2\SC(=O)N(Cc3ccccc3C#N)C2=O)ccc1OC. The number of benzene rings is 2. The second kappa shape index (κ2) is 10.5. The smallest absolute Gasteiger partial charge is 0.344 e. The first kappa shape index (κ1) is 22.9. The summed E-state index contributed by atoms with van der Waals surface area (Å²) >= 11 is 0.819. The highest BCUT2D eigenvalue weighted by Crippen LogP contribution is 2.35. The van der Waals surface area contributed by atoms with Gasteiger partial charge in [0.05, 0.1) is 36.8 Å². The summed E-state index contributed by atoms with van der Waals surface area (Å²) < 4.78 is 15.6. The van der Waals surface area contributed by atoms with Gasteiger partial charge in [-0.2, -0.15) is 5.26 Å². The zero-order chi connectivity index (χ0) is 23.1. The van der Waals surface area contributed by atoms with Crippen molar-refractivity contribution in [2.45, 2.75) is 13.5 Å². The predicted octanol–water partition coefficient (Wildman–Crippen LogP) is 3.75. The Morgan fingerprint density at radius 3 is 2.69 bits per heavy atom. The molecule has 0 unspecified atom stereocenters. The molecule has 0 aliphatic carbocycles. The monoisotopic (exact) mass is 452 g/mol. The van der Waals surface area contributed by atoms with Crippen molar-refractivity contribution in [1.29, 1.82) is 5.26 Å². The van der Waals surface area contributed by atoms with E-state index < -0.39 is 17.1 Å². The molecule has 2 amide bonds. The molecule has 0 N–H and O–H groups in total. The number of ether oxygens (including phenoxy) is 3. The van der Waals surface area contributed by atoms with Crippen molar-refractivity contribution in [3.8, 4) is 17.6 Å². The quantitative estimate of drug-likeness (QED) is 0.440. The highest BCUT2D eigenvalue weighted by Gasteiger charge is 2.35. The normalized spacial score (nSPS) is 14.4. The van der Waals surface area contributed by atoms with Gasteiger partial charge in [-0.25, -0.2) is 4.79 Å². The Bertz CT molecular complexity index is 1120. The van der Waals surface area contributed by atoms with E-state index in [4.69, 9.17) is 14.2 Å². The molecule has 1 heterocycles. The van der Waals surface area contributed by atoms with Crippen molar-refractivity contribution in [1.82, 2.24) is 4.90 Å². The number of esters is 1. The molecule has 1 aliphatic rings. The Morgan fingerprint density at radius 1 is 1.19 bits per heavy atom. The minimum atomic E-state index is -0.515. The van der Waals surface area contributed by atoms with Gasteiger partial charge in [0, 0.05) is 0 Å². The summed E-state index contributed by atoms with van der Waals surface area (Å²) in [5.41, 5.74) is 1.60. The van der Waals surface area contributed by atoms with E-state index in [9.17, 15) is 19.6 Å².